The monoisotopic (exact) mass is 595 g/mol. The van der Waals surface area contributed by atoms with E-state index in [0.29, 0.717) is 29.1 Å². The van der Waals surface area contributed by atoms with Gasteiger partial charge in [0.1, 0.15) is 11.6 Å². The summed E-state index contributed by atoms with van der Waals surface area (Å²) in [4.78, 5) is 32.4. The largest absolute Gasteiger partial charge is 0.478 e. The van der Waals surface area contributed by atoms with Crippen LogP contribution in [-0.2, 0) is 13.0 Å². The predicted molar refractivity (Wildman–Crippen MR) is 173 cm³/mol. The molecule has 0 saturated carbocycles. The van der Waals surface area contributed by atoms with E-state index in [9.17, 15) is 19.1 Å². The van der Waals surface area contributed by atoms with E-state index in [4.69, 9.17) is 4.98 Å². The Kier molecular flexibility index (Phi) is 8.97. The number of anilines is 1. The summed E-state index contributed by atoms with van der Waals surface area (Å²) < 4.78 is 15.8. The smallest absolute Gasteiger partial charge is 0.336 e. The van der Waals surface area contributed by atoms with Crippen LogP contribution in [-0.4, -0.2) is 38.3 Å². The Morgan fingerprint density at radius 2 is 1.72 bits per heavy atom. The van der Waals surface area contributed by atoms with Gasteiger partial charge in [0, 0.05) is 36.0 Å². The molecule has 1 unspecified atom stereocenters. The number of rotatable bonds is 10. The first-order valence-electron chi connectivity index (χ1n) is 14.3. The van der Waals surface area contributed by atoms with E-state index in [2.05, 4.69) is 24.1 Å². The topological polar surface area (TPSA) is 75.4 Å². The number of hydrogen-bond acceptors (Lipinski definition) is 4. The molecule has 1 aromatic heterocycles. The number of fused-ring (bicyclic) bond motifs is 1. The van der Waals surface area contributed by atoms with Crippen molar-refractivity contribution in [3.05, 3.63) is 119 Å². The fraction of sp³-hybridized carbons (Fsp3) is 0.229. The number of carboxylic acids is 1. The third-order valence-corrected chi connectivity index (χ3v) is 8.16. The second-order valence-electron chi connectivity index (χ2n) is 10.8. The van der Waals surface area contributed by atoms with Crippen molar-refractivity contribution in [2.45, 2.75) is 46.2 Å². The molecule has 0 bridgehead atoms. The minimum atomic E-state index is -0.962. The van der Waals surface area contributed by atoms with E-state index in [1.165, 1.54) is 12.1 Å². The highest BCUT2D eigenvalue weighted by molar-refractivity contribution is 7.80. The van der Waals surface area contributed by atoms with Gasteiger partial charge in [-0.25, -0.2) is 14.2 Å². The molecule has 1 amide bonds. The lowest BCUT2D eigenvalue weighted by atomic mass is 9.98. The maximum Gasteiger partial charge on any atom is 0.336 e. The van der Waals surface area contributed by atoms with Crippen LogP contribution < -0.4 is 4.90 Å². The molecule has 220 valence electrons. The highest BCUT2D eigenvalue weighted by atomic mass is 32.1. The zero-order valence-corrected chi connectivity index (χ0v) is 25.3. The summed E-state index contributed by atoms with van der Waals surface area (Å²) in [5, 5.41) is 9.62. The molecule has 0 fully saturated rings. The van der Waals surface area contributed by atoms with E-state index in [1.807, 2.05) is 62.4 Å². The number of nitrogens with zero attached hydrogens (tertiary/aromatic N) is 3. The normalized spacial score (nSPS) is 11.9. The highest BCUT2D eigenvalue weighted by Gasteiger charge is 2.25. The van der Waals surface area contributed by atoms with Gasteiger partial charge in [-0.3, -0.25) is 4.79 Å². The van der Waals surface area contributed by atoms with Crippen LogP contribution in [0.25, 0.3) is 22.2 Å². The van der Waals surface area contributed by atoms with Gasteiger partial charge in [0.2, 0.25) is 0 Å². The first-order valence-corrected chi connectivity index (χ1v) is 15.0. The van der Waals surface area contributed by atoms with Crippen LogP contribution in [0, 0.1) is 12.7 Å². The standard InChI is InChI=1S/C35H34FN3O3S/c1-4-7-32-37-33-22(2)18-26(34(40)39(23(3)21-43)28-16-14-27(36)15-17-28)19-31(33)38(32)20-24-10-12-25(13-11-24)29-8-5-6-9-30(29)35(41)42/h5-6,8-19,23,43H,4,7,20-21H2,1-3H3,(H,41,42). The van der Waals surface area contributed by atoms with Gasteiger partial charge in [-0.15, -0.1) is 0 Å². The molecule has 4 aromatic carbocycles. The Labute approximate surface area is 256 Å². The van der Waals surface area contributed by atoms with Gasteiger partial charge in [0.05, 0.1) is 16.6 Å². The van der Waals surface area contributed by atoms with Gasteiger partial charge >= 0.3 is 5.97 Å². The van der Waals surface area contributed by atoms with E-state index < -0.39 is 5.97 Å². The second kappa shape index (κ2) is 12.8. The molecule has 1 N–H and O–H groups in total. The average Bonchev–Trinajstić information content (AvgIpc) is 3.35. The predicted octanol–water partition coefficient (Wildman–Crippen LogP) is 7.81. The molecule has 5 rings (SSSR count). The molecule has 8 heteroatoms. The zero-order valence-electron chi connectivity index (χ0n) is 24.4. The number of benzene rings is 4. The molecule has 0 radical (unpaired) electrons. The molecule has 0 saturated heterocycles. The Balaban J connectivity index is 1.54. The minimum Gasteiger partial charge on any atom is -0.478 e. The number of hydrogen-bond donors (Lipinski definition) is 2. The molecular formula is C35H34FN3O3S. The fourth-order valence-corrected chi connectivity index (χ4v) is 5.61. The van der Waals surface area contributed by atoms with Gasteiger partial charge in [-0.1, -0.05) is 49.4 Å². The van der Waals surface area contributed by atoms with Crippen LogP contribution >= 0.6 is 12.6 Å². The van der Waals surface area contributed by atoms with Crippen molar-refractivity contribution < 1.29 is 19.1 Å². The van der Waals surface area contributed by atoms with Crippen molar-refractivity contribution in [3.63, 3.8) is 0 Å². The van der Waals surface area contributed by atoms with E-state index >= 15 is 0 Å². The number of aromatic nitrogens is 2. The van der Waals surface area contributed by atoms with Crippen LogP contribution in [0.1, 0.15) is 57.9 Å². The maximum atomic E-state index is 14.0. The summed E-state index contributed by atoms with van der Waals surface area (Å²) in [6.45, 7) is 6.53. The Morgan fingerprint density at radius 1 is 1.02 bits per heavy atom. The van der Waals surface area contributed by atoms with Crippen LogP contribution in [0.2, 0.25) is 0 Å². The molecule has 1 atom stereocenters. The number of carboxylic acid groups (broad SMARTS) is 1. The van der Waals surface area contributed by atoms with Crippen LogP contribution in [0.5, 0.6) is 0 Å². The molecule has 0 aliphatic heterocycles. The SMILES string of the molecule is CCCc1nc2c(C)cc(C(=O)N(c3ccc(F)cc3)C(C)CS)cc2n1Cc1ccc(-c2ccccc2C(=O)O)cc1. The summed E-state index contributed by atoms with van der Waals surface area (Å²) >= 11 is 4.44. The number of aryl methyl sites for hydroxylation is 2. The second-order valence-corrected chi connectivity index (χ2v) is 11.1. The first-order chi connectivity index (χ1) is 20.7. The van der Waals surface area contributed by atoms with Crippen molar-refractivity contribution in [2.24, 2.45) is 0 Å². The third-order valence-electron chi connectivity index (χ3n) is 7.64. The number of aromatic carboxylic acids is 1. The third kappa shape index (κ3) is 6.20. The maximum absolute atomic E-state index is 14.0. The summed E-state index contributed by atoms with van der Waals surface area (Å²) in [6.07, 6.45) is 1.69. The average molecular weight is 596 g/mol. The van der Waals surface area contributed by atoms with Crippen molar-refractivity contribution >= 4 is 41.2 Å². The van der Waals surface area contributed by atoms with Crippen LogP contribution in [0.15, 0.2) is 84.9 Å². The quantitative estimate of drug-likeness (QED) is 0.162. The minimum absolute atomic E-state index is 0.190. The fourth-order valence-electron chi connectivity index (χ4n) is 5.44. The van der Waals surface area contributed by atoms with E-state index in [1.54, 1.807) is 29.2 Å². The summed E-state index contributed by atoms with van der Waals surface area (Å²) in [5.74, 6) is -0.140. The number of amides is 1. The van der Waals surface area contributed by atoms with Gasteiger partial charge in [0.15, 0.2) is 0 Å². The lowest BCUT2D eigenvalue weighted by molar-refractivity contribution is 0.0697. The number of imidazole rings is 1. The number of carbonyl (C=O) groups is 2. The number of carbonyl (C=O) groups excluding carboxylic acids is 1. The lowest BCUT2D eigenvalue weighted by Gasteiger charge is -2.28. The van der Waals surface area contributed by atoms with Crippen molar-refractivity contribution in [2.75, 3.05) is 10.7 Å². The molecule has 1 heterocycles. The van der Waals surface area contributed by atoms with Crippen molar-refractivity contribution in [1.82, 2.24) is 9.55 Å². The molecule has 0 spiro atoms. The molecule has 6 nitrogen and oxygen atoms in total. The zero-order chi connectivity index (χ0) is 30.7. The summed E-state index contributed by atoms with van der Waals surface area (Å²) in [5.41, 5.74) is 6.52. The van der Waals surface area contributed by atoms with E-state index in [0.717, 1.165) is 46.4 Å². The summed E-state index contributed by atoms with van der Waals surface area (Å²) in [7, 11) is 0. The van der Waals surface area contributed by atoms with Crippen molar-refractivity contribution in [1.29, 1.82) is 0 Å². The van der Waals surface area contributed by atoms with E-state index in [-0.39, 0.29) is 23.3 Å². The Hall–Kier alpha value is -4.43. The molecule has 43 heavy (non-hydrogen) atoms. The van der Waals surface area contributed by atoms with Gasteiger partial charge in [-0.05, 0) is 85.0 Å². The van der Waals surface area contributed by atoms with Crippen LogP contribution in [0.4, 0.5) is 10.1 Å². The van der Waals surface area contributed by atoms with Crippen LogP contribution in [0.3, 0.4) is 0 Å². The Bertz CT molecular complexity index is 1780. The lowest BCUT2D eigenvalue weighted by Crippen LogP contribution is -2.40. The van der Waals surface area contributed by atoms with Gasteiger partial charge < -0.3 is 14.6 Å². The number of thiol groups is 1. The Morgan fingerprint density at radius 3 is 2.37 bits per heavy atom. The first kappa shape index (κ1) is 30.0. The van der Waals surface area contributed by atoms with Crippen molar-refractivity contribution in [3.8, 4) is 11.1 Å². The highest BCUT2D eigenvalue weighted by Crippen LogP contribution is 2.29. The molecule has 0 aliphatic rings. The molecular weight excluding hydrogens is 561 g/mol. The summed E-state index contributed by atoms with van der Waals surface area (Å²) in [6, 6.07) is 24.3. The van der Waals surface area contributed by atoms with Gasteiger partial charge in [0.25, 0.3) is 5.91 Å². The molecule has 0 aliphatic carbocycles. The van der Waals surface area contributed by atoms with Gasteiger partial charge in [-0.2, -0.15) is 12.6 Å². The number of halogens is 1. The molecule has 5 aromatic rings.